The minimum atomic E-state index is 0.606. The third-order valence-corrected chi connectivity index (χ3v) is 4.74. The fraction of sp³-hybridized carbons (Fsp3) is 0.350. The maximum absolute atomic E-state index is 4.46. The van der Waals surface area contributed by atoms with Gasteiger partial charge in [0, 0.05) is 24.9 Å². The quantitative estimate of drug-likeness (QED) is 0.675. The molecule has 1 fully saturated rings. The van der Waals surface area contributed by atoms with Crippen molar-refractivity contribution >= 4 is 0 Å². The minimum Gasteiger partial charge on any atom is -0.311 e. The highest BCUT2D eigenvalue weighted by Gasteiger charge is 2.31. The third-order valence-electron chi connectivity index (χ3n) is 4.74. The van der Waals surface area contributed by atoms with Gasteiger partial charge in [-0.25, -0.2) is 4.68 Å². The number of pyridine rings is 1. The highest BCUT2D eigenvalue weighted by molar-refractivity contribution is 5.35. The van der Waals surface area contributed by atoms with E-state index in [1.54, 1.807) is 0 Å². The molecular weight excluding hydrogens is 310 g/mol. The first kappa shape index (κ1) is 16.0. The number of rotatable bonds is 7. The summed E-state index contributed by atoms with van der Waals surface area (Å²) in [6.07, 6.45) is 7.26. The lowest BCUT2D eigenvalue weighted by atomic mass is 10.1. The molecule has 0 saturated heterocycles. The van der Waals surface area contributed by atoms with Crippen LogP contribution in [-0.2, 0) is 13.0 Å². The van der Waals surface area contributed by atoms with E-state index in [-0.39, 0.29) is 0 Å². The van der Waals surface area contributed by atoms with E-state index in [1.165, 1.54) is 29.7 Å². The summed E-state index contributed by atoms with van der Waals surface area (Å²) >= 11 is 0. The summed E-state index contributed by atoms with van der Waals surface area (Å²) in [4.78, 5) is 4.15. The minimum absolute atomic E-state index is 0.606. The second-order valence-corrected chi connectivity index (χ2v) is 6.67. The zero-order chi connectivity index (χ0) is 17.1. The van der Waals surface area contributed by atoms with E-state index in [0.717, 1.165) is 30.9 Å². The number of benzene rings is 1. The van der Waals surface area contributed by atoms with Crippen molar-refractivity contribution in [3.05, 3.63) is 71.3 Å². The summed E-state index contributed by atoms with van der Waals surface area (Å²) in [5.74, 6) is 0.606. The molecule has 4 rings (SSSR count). The van der Waals surface area contributed by atoms with Gasteiger partial charge in [0.15, 0.2) is 0 Å². The highest BCUT2D eigenvalue weighted by atomic mass is 15.4. The Labute approximate surface area is 148 Å². The molecule has 0 radical (unpaired) electrons. The predicted octanol–water partition coefficient (Wildman–Crippen LogP) is 3.18. The average Bonchev–Trinajstić information content (AvgIpc) is 3.40. The molecule has 25 heavy (non-hydrogen) atoms. The van der Waals surface area contributed by atoms with Crippen molar-refractivity contribution in [2.45, 2.75) is 38.6 Å². The molecule has 0 atom stereocenters. The Morgan fingerprint density at radius 2 is 2.00 bits per heavy atom. The van der Waals surface area contributed by atoms with E-state index in [0.29, 0.717) is 5.92 Å². The molecular formula is C20H23N5. The van der Waals surface area contributed by atoms with Crippen LogP contribution in [0.4, 0.5) is 0 Å². The topological polar surface area (TPSA) is 55.6 Å². The maximum atomic E-state index is 4.46. The van der Waals surface area contributed by atoms with E-state index in [4.69, 9.17) is 0 Å². The predicted molar refractivity (Wildman–Crippen MR) is 97.7 cm³/mol. The summed E-state index contributed by atoms with van der Waals surface area (Å²) in [7, 11) is 0. The first-order valence-electron chi connectivity index (χ1n) is 8.93. The smallest absolute Gasteiger partial charge is 0.100 e. The molecule has 128 valence electrons. The van der Waals surface area contributed by atoms with Crippen molar-refractivity contribution in [2.24, 2.45) is 0 Å². The van der Waals surface area contributed by atoms with Gasteiger partial charge in [0.05, 0.1) is 11.4 Å². The molecule has 1 saturated carbocycles. The Balaban J connectivity index is 1.43. The molecule has 1 aliphatic rings. The zero-order valence-corrected chi connectivity index (χ0v) is 14.5. The van der Waals surface area contributed by atoms with Crippen LogP contribution in [0.15, 0.2) is 48.8 Å². The van der Waals surface area contributed by atoms with Crippen LogP contribution < -0.4 is 5.32 Å². The number of aryl methyl sites for hydroxylation is 1. The van der Waals surface area contributed by atoms with Crippen molar-refractivity contribution in [1.29, 1.82) is 0 Å². The van der Waals surface area contributed by atoms with Gasteiger partial charge in [0.2, 0.25) is 0 Å². The van der Waals surface area contributed by atoms with Crippen molar-refractivity contribution < 1.29 is 0 Å². The molecule has 3 aromatic rings. The van der Waals surface area contributed by atoms with Gasteiger partial charge in [0.1, 0.15) is 5.69 Å². The van der Waals surface area contributed by atoms with Gasteiger partial charge in [-0.2, -0.15) is 0 Å². The van der Waals surface area contributed by atoms with Crippen molar-refractivity contribution in [2.75, 3.05) is 6.54 Å². The van der Waals surface area contributed by atoms with Crippen LogP contribution in [-0.4, -0.2) is 26.5 Å². The molecule has 0 bridgehead atoms. The normalized spacial score (nSPS) is 14.0. The Morgan fingerprint density at radius 3 is 2.76 bits per heavy atom. The molecule has 0 spiro atoms. The Hall–Kier alpha value is -2.53. The molecule has 1 aromatic carbocycles. The summed E-state index contributed by atoms with van der Waals surface area (Å²) in [6.45, 7) is 3.80. The van der Waals surface area contributed by atoms with Gasteiger partial charge < -0.3 is 5.32 Å². The van der Waals surface area contributed by atoms with Crippen LogP contribution >= 0.6 is 0 Å². The fourth-order valence-electron chi connectivity index (χ4n) is 3.18. The second kappa shape index (κ2) is 7.15. The van der Waals surface area contributed by atoms with Crippen LogP contribution in [0.25, 0.3) is 5.69 Å². The van der Waals surface area contributed by atoms with Crippen molar-refractivity contribution in [1.82, 2.24) is 25.3 Å². The summed E-state index contributed by atoms with van der Waals surface area (Å²) in [6, 6.07) is 12.4. The first-order valence-corrected chi connectivity index (χ1v) is 8.93. The fourth-order valence-corrected chi connectivity index (χ4v) is 3.18. The molecule has 1 N–H and O–H groups in total. The van der Waals surface area contributed by atoms with Crippen LogP contribution in [0.5, 0.6) is 0 Å². The number of hydrogen-bond donors (Lipinski definition) is 1. The standard InChI is InChI=1S/C20H23N5/c1-15-13-21-11-9-16(15)10-12-22-14-19-20(17-7-8-17)25(24-23-19)18-5-3-2-4-6-18/h2-6,9,11,13,17,22H,7-8,10,12,14H2,1H3. The van der Waals surface area contributed by atoms with Crippen LogP contribution in [0.2, 0.25) is 0 Å². The van der Waals surface area contributed by atoms with E-state index in [2.05, 4.69) is 45.7 Å². The molecule has 5 heteroatoms. The molecule has 1 aliphatic carbocycles. The van der Waals surface area contributed by atoms with Gasteiger partial charge in [-0.1, -0.05) is 23.4 Å². The van der Waals surface area contributed by atoms with E-state index < -0.39 is 0 Å². The van der Waals surface area contributed by atoms with Gasteiger partial charge in [0.25, 0.3) is 0 Å². The lowest BCUT2D eigenvalue weighted by Gasteiger charge is -2.08. The number of hydrogen-bond acceptors (Lipinski definition) is 4. The van der Waals surface area contributed by atoms with Gasteiger partial charge >= 0.3 is 0 Å². The highest BCUT2D eigenvalue weighted by Crippen LogP contribution is 2.41. The van der Waals surface area contributed by atoms with Crippen LogP contribution in [0.1, 0.15) is 41.3 Å². The molecule has 0 aliphatic heterocycles. The molecule has 2 heterocycles. The second-order valence-electron chi connectivity index (χ2n) is 6.67. The Morgan fingerprint density at radius 1 is 1.16 bits per heavy atom. The van der Waals surface area contributed by atoms with Crippen LogP contribution in [0, 0.1) is 6.92 Å². The van der Waals surface area contributed by atoms with E-state index in [1.807, 2.05) is 35.3 Å². The Kier molecular flexibility index (Phi) is 4.57. The maximum Gasteiger partial charge on any atom is 0.100 e. The summed E-state index contributed by atoms with van der Waals surface area (Å²) < 4.78 is 2.02. The lowest BCUT2D eigenvalue weighted by molar-refractivity contribution is 0.667. The molecule has 5 nitrogen and oxygen atoms in total. The number of aromatic nitrogens is 4. The van der Waals surface area contributed by atoms with E-state index in [9.17, 15) is 0 Å². The number of para-hydroxylation sites is 1. The zero-order valence-electron chi connectivity index (χ0n) is 14.5. The summed E-state index contributed by atoms with van der Waals surface area (Å²) in [5.41, 5.74) is 6.04. The summed E-state index contributed by atoms with van der Waals surface area (Å²) in [5, 5.41) is 12.4. The van der Waals surface area contributed by atoms with Crippen molar-refractivity contribution in [3.63, 3.8) is 0 Å². The SMILES string of the molecule is Cc1cnccc1CCNCc1nnn(-c2ccccc2)c1C1CC1. The third kappa shape index (κ3) is 3.61. The largest absolute Gasteiger partial charge is 0.311 e. The molecule has 2 aromatic heterocycles. The first-order chi connectivity index (χ1) is 12.3. The van der Waals surface area contributed by atoms with Gasteiger partial charge in [-0.3, -0.25) is 4.98 Å². The van der Waals surface area contributed by atoms with Gasteiger partial charge in [-0.15, -0.1) is 5.10 Å². The van der Waals surface area contributed by atoms with E-state index >= 15 is 0 Å². The average molecular weight is 333 g/mol. The van der Waals surface area contributed by atoms with Gasteiger partial charge in [-0.05, 0) is 62.1 Å². The lowest BCUT2D eigenvalue weighted by Crippen LogP contribution is -2.18. The number of nitrogens with zero attached hydrogens (tertiary/aromatic N) is 4. The monoisotopic (exact) mass is 333 g/mol. The molecule has 0 unspecified atom stereocenters. The number of nitrogens with one attached hydrogen (secondary N) is 1. The van der Waals surface area contributed by atoms with Crippen LogP contribution in [0.3, 0.4) is 0 Å². The Bertz CT molecular complexity index is 836. The van der Waals surface area contributed by atoms with Crippen molar-refractivity contribution in [3.8, 4) is 5.69 Å². The molecule has 0 amide bonds.